The monoisotopic (exact) mass is 256 g/mol. The van der Waals surface area contributed by atoms with E-state index in [9.17, 15) is 14.9 Å². The van der Waals surface area contributed by atoms with Crippen LogP contribution in [-0.2, 0) is 14.3 Å². The van der Waals surface area contributed by atoms with Gasteiger partial charge in [-0.05, 0) is 6.07 Å². The summed E-state index contributed by atoms with van der Waals surface area (Å²) >= 11 is 0. The number of carbonyl (C=O) groups is 1. The second-order valence-electron chi connectivity index (χ2n) is 3.23. The Morgan fingerprint density at radius 3 is 2.39 bits per heavy atom. The van der Waals surface area contributed by atoms with Gasteiger partial charge < -0.3 is 19.9 Å². The van der Waals surface area contributed by atoms with E-state index < -0.39 is 16.8 Å². The van der Waals surface area contributed by atoms with E-state index in [0.29, 0.717) is 0 Å². The summed E-state index contributed by atoms with van der Waals surface area (Å²) in [5.41, 5.74) is -0.300. The smallest absolute Gasteiger partial charge is 0.388 e. The summed E-state index contributed by atoms with van der Waals surface area (Å²) in [5.74, 6) is -3.63. The summed E-state index contributed by atoms with van der Waals surface area (Å²) in [5, 5.41) is 22.2. The van der Waals surface area contributed by atoms with E-state index in [4.69, 9.17) is 14.6 Å². The fourth-order valence-electron chi connectivity index (χ4n) is 1.33. The van der Waals surface area contributed by atoms with Gasteiger partial charge >= 0.3 is 11.9 Å². The molecule has 1 aromatic rings. The van der Waals surface area contributed by atoms with Gasteiger partial charge in [0.25, 0.3) is 5.69 Å². The van der Waals surface area contributed by atoms with Crippen LogP contribution in [0.5, 0.6) is 0 Å². The number of hydrogen-bond donors (Lipinski definition) is 2. The number of nitro groups is 1. The van der Waals surface area contributed by atoms with E-state index in [-0.39, 0.29) is 11.4 Å². The molecule has 8 nitrogen and oxygen atoms in total. The minimum absolute atomic E-state index is 0.0198. The Labute approximate surface area is 102 Å². The molecule has 0 bridgehead atoms. The molecule has 2 N–H and O–H groups in total. The number of methoxy groups -OCH3 is 2. The highest BCUT2D eigenvalue weighted by Crippen LogP contribution is 2.27. The zero-order valence-corrected chi connectivity index (χ0v) is 9.75. The molecule has 0 aliphatic rings. The molecule has 98 valence electrons. The van der Waals surface area contributed by atoms with Crippen LogP contribution in [0.1, 0.15) is 0 Å². The number of benzene rings is 1. The number of nitrogens with zero attached hydrogens (tertiary/aromatic N) is 1. The van der Waals surface area contributed by atoms with Crippen molar-refractivity contribution >= 4 is 17.3 Å². The van der Waals surface area contributed by atoms with Crippen LogP contribution in [0.15, 0.2) is 24.3 Å². The Bertz CT molecular complexity index is 457. The molecular weight excluding hydrogens is 244 g/mol. The molecule has 0 saturated heterocycles. The lowest BCUT2D eigenvalue weighted by Gasteiger charge is -2.27. The predicted octanol–water partition coefficient (Wildman–Crippen LogP) is 1.04. The molecule has 1 rings (SSSR count). The number of carboxylic acid groups (broad SMARTS) is 1. The van der Waals surface area contributed by atoms with Gasteiger partial charge in [-0.3, -0.25) is 10.1 Å². The molecule has 0 aliphatic heterocycles. The van der Waals surface area contributed by atoms with E-state index >= 15 is 0 Å². The topological polar surface area (TPSA) is 111 Å². The van der Waals surface area contributed by atoms with Gasteiger partial charge in [-0.15, -0.1) is 0 Å². The van der Waals surface area contributed by atoms with Crippen molar-refractivity contribution in [1.29, 1.82) is 0 Å². The number of ether oxygens (including phenoxy) is 2. The van der Waals surface area contributed by atoms with Gasteiger partial charge in [-0.25, -0.2) is 4.79 Å². The van der Waals surface area contributed by atoms with Gasteiger partial charge in [0.05, 0.1) is 4.92 Å². The quantitative estimate of drug-likeness (QED) is 0.444. The van der Waals surface area contributed by atoms with Gasteiger partial charge in [-0.2, -0.15) is 0 Å². The van der Waals surface area contributed by atoms with E-state index in [1.165, 1.54) is 24.3 Å². The number of nitrogens with one attached hydrogen (secondary N) is 1. The van der Waals surface area contributed by atoms with Crippen LogP contribution in [0.25, 0.3) is 0 Å². The van der Waals surface area contributed by atoms with Crippen molar-refractivity contribution in [3.63, 3.8) is 0 Å². The normalized spacial score (nSPS) is 11.0. The number of rotatable bonds is 6. The largest absolute Gasteiger partial charge is 0.476 e. The molecule has 0 amide bonds. The third-order valence-corrected chi connectivity index (χ3v) is 2.26. The lowest BCUT2D eigenvalue weighted by atomic mass is 10.2. The summed E-state index contributed by atoms with van der Waals surface area (Å²) in [7, 11) is 2.22. The first kappa shape index (κ1) is 13.9. The standard InChI is InChI=1S/C10H12N2O6/c1-17-10(18-2,9(13)14)11-7-5-3-4-6-8(7)12(15)16/h3-6,11H,1-2H3,(H,13,14). The number of para-hydroxylation sites is 2. The van der Waals surface area contributed by atoms with Crippen molar-refractivity contribution in [2.45, 2.75) is 5.91 Å². The molecule has 0 aromatic heterocycles. The number of nitro benzene ring substituents is 1. The molecule has 0 atom stereocenters. The van der Waals surface area contributed by atoms with Crippen LogP contribution in [0.2, 0.25) is 0 Å². The van der Waals surface area contributed by atoms with Crippen LogP contribution in [0.4, 0.5) is 11.4 Å². The fraction of sp³-hybridized carbons (Fsp3) is 0.300. The van der Waals surface area contributed by atoms with Crippen LogP contribution in [0.3, 0.4) is 0 Å². The van der Waals surface area contributed by atoms with E-state index in [1.54, 1.807) is 0 Å². The van der Waals surface area contributed by atoms with Crippen LogP contribution >= 0.6 is 0 Å². The van der Waals surface area contributed by atoms with Crippen molar-refractivity contribution in [3.05, 3.63) is 34.4 Å². The molecule has 0 saturated carbocycles. The van der Waals surface area contributed by atoms with Crippen molar-refractivity contribution < 1.29 is 24.3 Å². The number of hydrogen-bond acceptors (Lipinski definition) is 6. The minimum atomic E-state index is -2.17. The molecule has 0 radical (unpaired) electrons. The summed E-state index contributed by atoms with van der Waals surface area (Å²) in [4.78, 5) is 21.2. The van der Waals surface area contributed by atoms with Gasteiger partial charge in [0, 0.05) is 20.3 Å². The zero-order chi connectivity index (χ0) is 13.8. The van der Waals surface area contributed by atoms with Crippen LogP contribution in [0, 0.1) is 10.1 Å². The average Bonchev–Trinajstić information content (AvgIpc) is 2.36. The maximum Gasteiger partial charge on any atom is 0.388 e. The SMILES string of the molecule is COC(Nc1ccccc1[N+](=O)[O-])(OC)C(=O)O. The zero-order valence-electron chi connectivity index (χ0n) is 9.75. The summed E-state index contributed by atoms with van der Waals surface area (Å²) in [6.45, 7) is 0. The van der Waals surface area contributed by atoms with Crippen molar-refractivity contribution in [2.24, 2.45) is 0 Å². The average molecular weight is 256 g/mol. The van der Waals surface area contributed by atoms with Crippen LogP contribution in [-0.4, -0.2) is 36.1 Å². The maximum absolute atomic E-state index is 11.1. The van der Waals surface area contributed by atoms with Crippen molar-refractivity contribution in [2.75, 3.05) is 19.5 Å². The Kier molecular flexibility index (Phi) is 4.18. The number of aliphatic carboxylic acids is 1. The van der Waals surface area contributed by atoms with E-state index in [0.717, 1.165) is 14.2 Å². The van der Waals surface area contributed by atoms with Gasteiger partial charge in [0.2, 0.25) is 0 Å². The lowest BCUT2D eigenvalue weighted by molar-refractivity contribution is -0.384. The van der Waals surface area contributed by atoms with Gasteiger partial charge in [0.15, 0.2) is 0 Å². The Hall–Kier alpha value is -2.19. The second-order valence-corrected chi connectivity index (χ2v) is 3.23. The highest BCUT2D eigenvalue weighted by molar-refractivity contribution is 5.80. The minimum Gasteiger partial charge on any atom is -0.476 e. The van der Waals surface area contributed by atoms with Gasteiger partial charge in [-0.1, -0.05) is 12.1 Å². The number of carboxylic acids is 1. The Balaban J connectivity index is 3.16. The van der Waals surface area contributed by atoms with Gasteiger partial charge in [0.1, 0.15) is 5.69 Å². The summed E-state index contributed by atoms with van der Waals surface area (Å²) < 4.78 is 9.46. The molecule has 1 aromatic carbocycles. The van der Waals surface area contributed by atoms with Crippen molar-refractivity contribution in [1.82, 2.24) is 0 Å². The molecule has 18 heavy (non-hydrogen) atoms. The highest BCUT2D eigenvalue weighted by Gasteiger charge is 2.41. The Morgan fingerprint density at radius 2 is 1.94 bits per heavy atom. The molecule has 0 spiro atoms. The third-order valence-electron chi connectivity index (χ3n) is 2.26. The second kappa shape index (κ2) is 5.43. The fourth-order valence-corrected chi connectivity index (χ4v) is 1.33. The van der Waals surface area contributed by atoms with Crippen molar-refractivity contribution in [3.8, 4) is 0 Å². The first-order valence-electron chi connectivity index (χ1n) is 4.82. The molecular formula is C10H12N2O6. The van der Waals surface area contributed by atoms with Crippen LogP contribution < -0.4 is 5.32 Å². The highest BCUT2D eigenvalue weighted by atomic mass is 16.7. The molecule has 0 aliphatic carbocycles. The first-order valence-corrected chi connectivity index (χ1v) is 4.82. The molecule has 0 heterocycles. The summed E-state index contributed by atoms with van der Waals surface area (Å²) in [6.07, 6.45) is 0. The first-order chi connectivity index (χ1) is 8.46. The van der Waals surface area contributed by atoms with E-state index in [1.807, 2.05) is 0 Å². The molecule has 0 unspecified atom stereocenters. The maximum atomic E-state index is 11.1. The summed E-state index contributed by atoms with van der Waals surface area (Å²) in [6, 6.07) is 5.58. The molecule has 0 fully saturated rings. The predicted molar refractivity (Wildman–Crippen MR) is 61.1 cm³/mol. The third kappa shape index (κ3) is 2.55. The Morgan fingerprint density at radius 1 is 1.39 bits per heavy atom. The molecule has 8 heteroatoms. The van der Waals surface area contributed by atoms with E-state index in [2.05, 4.69) is 5.32 Å². The lowest BCUT2D eigenvalue weighted by Crippen LogP contribution is -2.50. The number of anilines is 1.